The Bertz CT molecular complexity index is 531. The van der Waals surface area contributed by atoms with E-state index in [-0.39, 0.29) is 0 Å². The Kier molecular flexibility index (Phi) is 5.14. The summed E-state index contributed by atoms with van der Waals surface area (Å²) in [5, 5.41) is 6.58. The lowest BCUT2D eigenvalue weighted by atomic mass is 10.2. The van der Waals surface area contributed by atoms with Crippen molar-refractivity contribution < 1.29 is 0 Å². The Morgan fingerprint density at radius 2 is 2.25 bits per heavy atom. The number of aryl methyl sites for hydroxylation is 1. The molecule has 110 valence electrons. The summed E-state index contributed by atoms with van der Waals surface area (Å²) < 4.78 is 2.04. The van der Waals surface area contributed by atoms with Gasteiger partial charge in [-0.3, -0.25) is 0 Å². The van der Waals surface area contributed by atoms with Gasteiger partial charge in [0.2, 0.25) is 0 Å². The zero-order valence-corrected chi connectivity index (χ0v) is 13.4. The highest BCUT2D eigenvalue weighted by atomic mass is 32.1. The molecule has 0 aliphatic rings. The first-order valence-corrected chi connectivity index (χ1v) is 7.76. The number of hydrogen-bond acceptors (Lipinski definition) is 5. The minimum Gasteiger partial charge on any atom is -0.344 e. The monoisotopic (exact) mass is 293 g/mol. The van der Waals surface area contributed by atoms with Crippen molar-refractivity contribution in [2.45, 2.75) is 26.9 Å². The molecule has 6 heteroatoms. The summed E-state index contributed by atoms with van der Waals surface area (Å²) in [6, 6.07) is 0. The third kappa shape index (κ3) is 4.05. The molecule has 0 bridgehead atoms. The van der Waals surface area contributed by atoms with Gasteiger partial charge in [-0.05, 0) is 12.5 Å². The van der Waals surface area contributed by atoms with Crippen LogP contribution in [0.4, 0.5) is 5.13 Å². The molecule has 0 unspecified atom stereocenters. The third-order valence-electron chi connectivity index (χ3n) is 3.02. The molecule has 5 nitrogen and oxygen atoms in total. The second-order valence-electron chi connectivity index (χ2n) is 5.46. The Morgan fingerprint density at radius 1 is 1.45 bits per heavy atom. The van der Waals surface area contributed by atoms with Gasteiger partial charge in [-0.15, -0.1) is 11.3 Å². The van der Waals surface area contributed by atoms with E-state index in [1.807, 2.05) is 24.0 Å². The number of imidazole rings is 1. The van der Waals surface area contributed by atoms with Crippen LogP contribution in [0.15, 0.2) is 17.8 Å². The summed E-state index contributed by atoms with van der Waals surface area (Å²) in [6.07, 6.45) is 3.79. The number of nitrogens with one attached hydrogen (secondary N) is 1. The molecular formula is C14H23N5S. The van der Waals surface area contributed by atoms with Crippen molar-refractivity contribution in [3.05, 3.63) is 29.3 Å². The normalized spacial score (nSPS) is 11.2. The quantitative estimate of drug-likeness (QED) is 0.850. The molecule has 0 saturated carbocycles. The molecule has 2 rings (SSSR count). The van der Waals surface area contributed by atoms with Crippen LogP contribution in [0.2, 0.25) is 0 Å². The number of anilines is 1. The van der Waals surface area contributed by atoms with Gasteiger partial charge < -0.3 is 14.8 Å². The van der Waals surface area contributed by atoms with Crippen LogP contribution in [-0.2, 0) is 20.1 Å². The average Bonchev–Trinajstić information content (AvgIpc) is 2.99. The van der Waals surface area contributed by atoms with Crippen LogP contribution in [-0.4, -0.2) is 28.1 Å². The molecule has 2 aromatic heterocycles. The number of thiazole rings is 1. The van der Waals surface area contributed by atoms with Gasteiger partial charge in [0, 0.05) is 38.4 Å². The van der Waals surface area contributed by atoms with Gasteiger partial charge in [-0.1, -0.05) is 13.8 Å². The molecule has 2 aromatic rings. The van der Waals surface area contributed by atoms with Crippen molar-refractivity contribution in [1.29, 1.82) is 0 Å². The highest BCUT2D eigenvalue weighted by Gasteiger charge is 2.10. The van der Waals surface area contributed by atoms with Crippen molar-refractivity contribution in [3.63, 3.8) is 0 Å². The van der Waals surface area contributed by atoms with Crippen LogP contribution >= 0.6 is 11.3 Å². The molecule has 0 saturated heterocycles. The molecule has 0 aliphatic heterocycles. The van der Waals surface area contributed by atoms with Crippen LogP contribution in [0.25, 0.3) is 0 Å². The third-order valence-corrected chi connectivity index (χ3v) is 4.03. The summed E-state index contributed by atoms with van der Waals surface area (Å²) in [4.78, 5) is 11.1. The number of hydrogen-bond donors (Lipinski definition) is 1. The predicted molar refractivity (Wildman–Crippen MR) is 84.0 cm³/mol. The lowest BCUT2D eigenvalue weighted by Crippen LogP contribution is -2.20. The fourth-order valence-electron chi connectivity index (χ4n) is 1.87. The minimum atomic E-state index is 0.666. The fraction of sp³-hybridized carbons (Fsp3) is 0.571. The van der Waals surface area contributed by atoms with Crippen LogP contribution < -0.4 is 10.2 Å². The summed E-state index contributed by atoms with van der Waals surface area (Å²) >= 11 is 1.68. The number of aromatic nitrogens is 3. The molecule has 0 radical (unpaired) electrons. The second kappa shape index (κ2) is 6.85. The predicted octanol–water partition coefficient (Wildman–Crippen LogP) is 2.26. The van der Waals surface area contributed by atoms with Crippen molar-refractivity contribution in [2.24, 2.45) is 13.0 Å². The molecule has 0 aliphatic carbocycles. The van der Waals surface area contributed by atoms with Crippen LogP contribution in [0, 0.1) is 5.92 Å². The van der Waals surface area contributed by atoms with E-state index < -0.39 is 0 Å². The number of rotatable bonds is 7. The first-order chi connectivity index (χ1) is 9.56. The Labute approximate surface area is 124 Å². The Hall–Kier alpha value is -1.40. The van der Waals surface area contributed by atoms with Gasteiger partial charge in [0.25, 0.3) is 0 Å². The van der Waals surface area contributed by atoms with Crippen LogP contribution in [0.1, 0.15) is 25.4 Å². The molecular weight excluding hydrogens is 270 g/mol. The van der Waals surface area contributed by atoms with Crippen molar-refractivity contribution in [2.75, 3.05) is 18.5 Å². The standard InChI is InChI=1S/C14H23N5S/c1-11(2)7-15-8-12-10-20-14(17-12)19(4)9-13-16-5-6-18(13)3/h5-6,10-11,15H,7-9H2,1-4H3. The molecule has 0 amide bonds. The molecule has 0 fully saturated rings. The van der Waals surface area contributed by atoms with E-state index in [0.717, 1.165) is 36.3 Å². The lowest BCUT2D eigenvalue weighted by Gasteiger charge is -2.15. The van der Waals surface area contributed by atoms with Crippen LogP contribution in [0.3, 0.4) is 0 Å². The lowest BCUT2D eigenvalue weighted by molar-refractivity contribution is 0.549. The maximum absolute atomic E-state index is 4.66. The molecule has 1 N–H and O–H groups in total. The molecule has 2 heterocycles. The van der Waals surface area contributed by atoms with E-state index >= 15 is 0 Å². The van der Waals surface area contributed by atoms with Gasteiger partial charge in [0.05, 0.1) is 12.2 Å². The SMILES string of the molecule is CC(C)CNCc1csc(N(C)Cc2nccn2C)n1. The molecule has 0 spiro atoms. The maximum atomic E-state index is 4.66. The van der Waals surface area contributed by atoms with Gasteiger partial charge in [0.1, 0.15) is 5.82 Å². The molecule has 20 heavy (non-hydrogen) atoms. The second-order valence-corrected chi connectivity index (χ2v) is 6.29. The van der Waals surface area contributed by atoms with Crippen molar-refractivity contribution >= 4 is 16.5 Å². The molecule has 0 aromatic carbocycles. The maximum Gasteiger partial charge on any atom is 0.185 e. The van der Waals surface area contributed by atoms with Gasteiger partial charge in [-0.2, -0.15) is 0 Å². The van der Waals surface area contributed by atoms with Gasteiger partial charge >= 0.3 is 0 Å². The molecule has 0 atom stereocenters. The minimum absolute atomic E-state index is 0.666. The fourth-order valence-corrected chi connectivity index (χ4v) is 2.66. The van der Waals surface area contributed by atoms with E-state index in [9.17, 15) is 0 Å². The zero-order valence-electron chi connectivity index (χ0n) is 12.6. The van der Waals surface area contributed by atoms with Crippen molar-refractivity contribution in [1.82, 2.24) is 19.9 Å². The topological polar surface area (TPSA) is 46.0 Å². The van der Waals surface area contributed by atoms with E-state index in [1.165, 1.54) is 0 Å². The smallest absolute Gasteiger partial charge is 0.185 e. The average molecular weight is 293 g/mol. The van der Waals surface area contributed by atoms with Gasteiger partial charge in [-0.25, -0.2) is 9.97 Å². The van der Waals surface area contributed by atoms with E-state index in [1.54, 1.807) is 11.3 Å². The van der Waals surface area contributed by atoms with Crippen molar-refractivity contribution in [3.8, 4) is 0 Å². The van der Waals surface area contributed by atoms with E-state index in [2.05, 4.69) is 46.5 Å². The highest BCUT2D eigenvalue weighted by Crippen LogP contribution is 2.20. The first kappa shape index (κ1) is 15.0. The van der Waals surface area contributed by atoms with Gasteiger partial charge in [0.15, 0.2) is 5.13 Å². The van der Waals surface area contributed by atoms with E-state index in [0.29, 0.717) is 5.92 Å². The number of nitrogens with zero attached hydrogens (tertiary/aromatic N) is 4. The largest absolute Gasteiger partial charge is 0.344 e. The summed E-state index contributed by atoms with van der Waals surface area (Å²) in [6.45, 7) is 7.05. The van der Waals surface area contributed by atoms with E-state index in [4.69, 9.17) is 0 Å². The Balaban J connectivity index is 1.89. The summed E-state index contributed by atoms with van der Waals surface area (Å²) in [5.74, 6) is 1.71. The Morgan fingerprint density at radius 3 is 2.90 bits per heavy atom. The highest BCUT2D eigenvalue weighted by molar-refractivity contribution is 7.13. The van der Waals surface area contributed by atoms with Crippen LogP contribution in [0.5, 0.6) is 0 Å². The zero-order chi connectivity index (χ0) is 14.5. The summed E-state index contributed by atoms with van der Waals surface area (Å²) in [7, 11) is 4.07. The summed E-state index contributed by atoms with van der Waals surface area (Å²) in [5.41, 5.74) is 1.11. The first-order valence-electron chi connectivity index (χ1n) is 6.88.